The molecule has 1 saturated heterocycles. The van der Waals surface area contributed by atoms with Gasteiger partial charge in [-0.1, -0.05) is 6.07 Å². The number of nitrogens with one attached hydrogen (secondary N) is 2. The maximum absolute atomic E-state index is 13.0. The highest BCUT2D eigenvalue weighted by Gasteiger charge is 2.45. The first-order valence-electron chi connectivity index (χ1n) is 11.6. The molecule has 5 amide bonds. The minimum atomic E-state index is -1.01. The maximum atomic E-state index is 13.0. The molecule has 13 nitrogen and oxygen atoms in total. The molecule has 0 aliphatic carbocycles. The van der Waals surface area contributed by atoms with Crippen molar-refractivity contribution in [1.29, 1.82) is 0 Å². The molecule has 2 heterocycles. The Morgan fingerprint density at radius 1 is 0.944 bits per heavy atom. The minimum absolute atomic E-state index is 0.0658. The Morgan fingerprint density at radius 2 is 1.58 bits per heavy atom. The van der Waals surface area contributed by atoms with Gasteiger partial charge in [0, 0.05) is 18.7 Å². The fraction of sp³-hybridized carbons (Fsp3) is 0.522. The number of nitrogens with two attached hydrogens (primary N) is 1. The molecule has 196 valence electrons. The van der Waals surface area contributed by atoms with Crippen molar-refractivity contribution in [1.82, 2.24) is 10.2 Å². The van der Waals surface area contributed by atoms with Crippen molar-refractivity contribution in [2.24, 2.45) is 5.73 Å². The van der Waals surface area contributed by atoms with Crippen molar-refractivity contribution in [2.45, 2.75) is 18.9 Å². The lowest BCUT2D eigenvalue weighted by Crippen LogP contribution is -2.54. The molecule has 1 unspecified atom stereocenters. The second-order valence-corrected chi connectivity index (χ2v) is 7.96. The standard InChI is InChI=1S/C23H30N4O9/c24-18(28)14-36-13-12-35-11-10-34-9-8-33-7-6-25-16-3-1-2-15-20(16)23(32)27(22(15)31)17-4-5-19(29)26-21(17)30/h1-3,17,25H,4-14H2,(H2,24,28)(H,26,29,30). The summed E-state index contributed by atoms with van der Waals surface area (Å²) in [5.74, 6) is -2.71. The van der Waals surface area contributed by atoms with E-state index in [0.29, 0.717) is 51.9 Å². The molecule has 0 radical (unpaired) electrons. The summed E-state index contributed by atoms with van der Waals surface area (Å²) in [6.07, 6.45) is 0.169. The van der Waals surface area contributed by atoms with Gasteiger partial charge in [-0.25, -0.2) is 0 Å². The molecule has 2 aliphatic rings. The van der Waals surface area contributed by atoms with E-state index in [1.54, 1.807) is 12.1 Å². The number of piperidine rings is 1. The summed E-state index contributed by atoms with van der Waals surface area (Å²) in [6.45, 7) is 2.68. The minimum Gasteiger partial charge on any atom is -0.382 e. The molecule has 1 fully saturated rings. The SMILES string of the molecule is NC(=O)COCCOCCOCCOCCNc1cccc2c1C(=O)N(C1CCC(=O)NC1=O)C2=O. The van der Waals surface area contributed by atoms with Crippen molar-refractivity contribution < 1.29 is 42.9 Å². The molecule has 2 aliphatic heterocycles. The van der Waals surface area contributed by atoms with Crippen LogP contribution in [-0.2, 0) is 33.3 Å². The van der Waals surface area contributed by atoms with Gasteiger partial charge in [0.05, 0.1) is 57.4 Å². The molecule has 0 aromatic heterocycles. The number of rotatable bonds is 16. The van der Waals surface area contributed by atoms with Crippen LogP contribution in [0.4, 0.5) is 5.69 Å². The molecule has 0 bridgehead atoms. The van der Waals surface area contributed by atoms with Crippen LogP contribution in [0.1, 0.15) is 33.6 Å². The zero-order valence-electron chi connectivity index (χ0n) is 19.8. The molecule has 1 aromatic carbocycles. The molecular formula is C23H30N4O9. The van der Waals surface area contributed by atoms with Crippen molar-refractivity contribution in [3.63, 3.8) is 0 Å². The first kappa shape index (κ1) is 27.2. The van der Waals surface area contributed by atoms with Crippen LogP contribution in [0.15, 0.2) is 18.2 Å². The zero-order chi connectivity index (χ0) is 25.9. The summed E-state index contributed by atoms with van der Waals surface area (Å²) >= 11 is 0. The lowest BCUT2D eigenvalue weighted by molar-refractivity contribution is -0.136. The number of fused-ring (bicyclic) bond motifs is 1. The quantitative estimate of drug-likeness (QED) is 0.187. The second kappa shape index (κ2) is 13.6. The van der Waals surface area contributed by atoms with Gasteiger partial charge in [-0.05, 0) is 18.6 Å². The van der Waals surface area contributed by atoms with E-state index in [0.717, 1.165) is 4.90 Å². The van der Waals surface area contributed by atoms with Gasteiger partial charge in [0.25, 0.3) is 11.8 Å². The smallest absolute Gasteiger partial charge is 0.264 e. The largest absolute Gasteiger partial charge is 0.382 e. The number of imide groups is 2. The summed E-state index contributed by atoms with van der Waals surface area (Å²) in [7, 11) is 0. The summed E-state index contributed by atoms with van der Waals surface area (Å²) in [6, 6.07) is 3.87. The third-order valence-corrected chi connectivity index (χ3v) is 5.39. The van der Waals surface area contributed by atoms with Crippen LogP contribution in [0.3, 0.4) is 0 Å². The third kappa shape index (κ3) is 7.31. The average Bonchev–Trinajstić information content (AvgIpc) is 3.09. The molecule has 13 heteroatoms. The van der Waals surface area contributed by atoms with E-state index in [1.807, 2.05) is 0 Å². The number of primary amides is 1. The fourth-order valence-electron chi connectivity index (χ4n) is 3.75. The van der Waals surface area contributed by atoms with Crippen molar-refractivity contribution in [3.8, 4) is 0 Å². The topological polar surface area (TPSA) is 176 Å². The summed E-state index contributed by atoms with van der Waals surface area (Å²) < 4.78 is 21.1. The van der Waals surface area contributed by atoms with Gasteiger partial charge in [-0.15, -0.1) is 0 Å². The van der Waals surface area contributed by atoms with E-state index in [2.05, 4.69) is 10.6 Å². The lowest BCUT2D eigenvalue weighted by atomic mass is 10.0. The molecule has 0 spiro atoms. The highest BCUT2D eigenvalue weighted by Crippen LogP contribution is 2.32. The van der Waals surface area contributed by atoms with Crippen LogP contribution in [0.5, 0.6) is 0 Å². The molecule has 1 aromatic rings. The van der Waals surface area contributed by atoms with E-state index in [-0.39, 0.29) is 37.2 Å². The van der Waals surface area contributed by atoms with Gasteiger partial charge in [0.1, 0.15) is 12.6 Å². The van der Waals surface area contributed by atoms with Crippen LogP contribution in [0.25, 0.3) is 0 Å². The van der Waals surface area contributed by atoms with Crippen molar-refractivity contribution in [2.75, 3.05) is 64.7 Å². The molecule has 4 N–H and O–H groups in total. The van der Waals surface area contributed by atoms with Gasteiger partial charge in [-0.2, -0.15) is 0 Å². The van der Waals surface area contributed by atoms with Crippen LogP contribution in [0.2, 0.25) is 0 Å². The number of ether oxygens (including phenoxy) is 4. The number of hydrogen-bond acceptors (Lipinski definition) is 10. The van der Waals surface area contributed by atoms with Crippen LogP contribution in [0, 0.1) is 0 Å². The van der Waals surface area contributed by atoms with Gasteiger partial charge in [0.2, 0.25) is 17.7 Å². The Hall–Kier alpha value is -3.39. The maximum Gasteiger partial charge on any atom is 0.264 e. The number of hydrogen-bond donors (Lipinski definition) is 3. The first-order chi connectivity index (χ1) is 17.4. The number of carbonyl (C=O) groups excluding carboxylic acids is 5. The Bertz CT molecular complexity index is 984. The number of anilines is 1. The predicted octanol–water partition coefficient (Wildman–Crippen LogP) is -0.949. The van der Waals surface area contributed by atoms with Crippen molar-refractivity contribution in [3.05, 3.63) is 29.3 Å². The average molecular weight is 507 g/mol. The van der Waals surface area contributed by atoms with Gasteiger partial charge in [0.15, 0.2) is 0 Å². The van der Waals surface area contributed by atoms with Crippen molar-refractivity contribution >= 4 is 35.2 Å². The summed E-state index contributed by atoms with van der Waals surface area (Å²) in [5, 5.41) is 5.28. The summed E-state index contributed by atoms with van der Waals surface area (Å²) in [4.78, 5) is 60.9. The van der Waals surface area contributed by atoms with Crippen LogP contribution < -0.4 is 16.4 Å². The molecule has 1 atom stereocenters. The summed E-state index contributed by atoms with van der Waals surface area (Å²) in [5.41, 5.74) is 5.83. The molecule has 3 rings (SSSR count). The predicted molar refractivity (Wildman–Crippen MR) is 124 cm³/mol. The van der Waals surface area contributed by atoms with Crippen LogP contribution in [-0.4, -0.2) is 99.9 Å². The Kier molecular flexibility index (Phi) is 10.3. The van der Waals surface area contributed by atoms with Gasteiger partial charge < -0.3 is 30.0 Å². The monoisotopic (exact) mass is 506 g/mol. The molecule has 36 heavy (non-hydrogen) atoms. The Morgan fingerprint density at radius 3 is 2.22 bits per heavy atom. The lowest BCUT2D eigenvalue weighted by Gasteiger charge is -2.27. The highest BCUT2D eigenvalue weighted by atomic mass is 16.6. The van der Waals surface area contributed by atoms with E-state index >= 15 is 0 Å². The first-order valence-corrected chi connectivity index (χ1v) is 11.6. The van der Waals surface area contributed by atoms with E-state index in [9.17, 15) is 24.0 Å². The van der Waals surface area contributed by atoms with Gasteiger partial charge >= 0.3 is 0 Å². The number of amides is 5. The fourth-order valence-corrected chi connectivity index (χ4v) is 3.75. The van der Waals surface area contributed by atoms with E-state index in [1.165, 1.54) is 6.07 Å². The van der Waals surface area contributed by atoms with E-state index in [4.69, 9.17) is 24.7 Å². The zero-order valence-corrected chi connectivity index (χ0v) is 19.8. The highest BCUT2D eigenvalue weighted by molar-refractivity contribution is 6.25. The number of carbonyl (C=O) groups is 5. The Balaban J connectivity index is 1.33. The molecular weight excluding hydrogens is 476 g/mol. The van der Waals surface area contributed by atoms with Crippen LogP contribution >= 0.6 is 0 Å². The van der Waals surface area contributed by atoms with E-state index < -0.39 is 35.6 Å². The normalized spacial score (nSPS) is 17.3. The molecule has 0 saturated carbocycles. The van der Waals surface area contributed by atoms with Gasteiger partial charge in [-0.3, -0.25) is 34.2 Å². The Labute approximate surface area is 207 Å². The number of benzene rings is 1. The third-order valence-electron chi connectivity index (χ3n) is 5.39. The second-order valence-electron chi connectivity index (χ2n) is 7.96. The number of nitrogens with zero attached hydrogens (tertiary/aromatic N) is 1.